The van der Waals surface area contributed by atoms with Gasteiger partial charge in [0.15, 0.2) is 5.96 Å². The van der Waals surface area contributed by atoms with Crippen molar-refractivity contribution in [1.82, 2.24) is 15.5 Å². The summed E-state index contributed by atoms with van der Waals surface area (Å²) in [6, 6.07) is 8.12. The highest BCUT2D eigenvalue weighted by atomic mass is 16.5. The zero-order valence-electron chi connectivity index (χ0n) is 15.0. The van der Waals surface area contributed by atoms with E-state index in [1.54, 1.807) is 7.05 Å². The smallest absolute Gasteiger partial charge is 0.191 e. The van der Waals surface area contributed by atoms with E-state index in [1.807, 2.05) is 19.1 Å². The van der Waals surface area contributed by atoms with E-state index in [4.69, 9.17) is 9.47 Å². The molecule has 1 fully saturated rings. The molecule has 0 spiro atoms. The first-order valence-electron chi connectivity index (χ1n) is 8.65. The lowest BCUT2D eigenvalue weighted by Gasteiger charge is -2.26. The van der Waals surface area contributed by atoms with Crippen molar-refractivity contribution in [3.05, 3.63) is 29.8 Å². The van der Waals surface area contributed by atoms with Crippen molar-refractivity contribution in [2.45, 2.75) is 20.0 Å². The van der Waals surface area contributed by atoms with E-state index in [-0.39, 0.29) is 6.10 Å². The Labute approximate surface area is 145 Å². The second-order valence-corrected chi connectivity index (χ2v) is 6.08. The topological polar surface area (TPSA) is 58.1 Å². The Bertz CT molecular complexity index is 498. The molecule has 0 aliphatic carbocycles. The van der Waals surface area contributed by atoms with Gasteiger partial charge in [-0.3, -0.25) is 9.89 Å². The molecule has 1 unspecified atom stereocenters. The van der Waals surface area contributed by atoms with Crippen LogP contribution in [0, 0.1) is 6.92 Å². The second kappa shape index (κ2) is 10.2. The first-order chi connectivity index (χ1) is 11.7. The van der Waals surface area contributed by atoms with Crippen molar-refractivity contribution < 1.29 is 9.47 Å². The third-order valence-corrected chi connectivity index (χ3v) is 3.96. The van der Waals surface area contributed by atoms with Gasteiger partial charge in [-0.2, -0.15) is 0 Å². The highest BCUT2D eigenvalue weighted by Crippen LogP contribution is 2.12. The highest BCUT2D eigenvalue weighted by molar-refractivity contribution is 5.79. The van der Waals surface area contributed by atoms with Gasteiger partial charge in [-0.25, -0.2) is 0 Å². The zero-order valence-corrected chi connectivity index (χ0v) is 15.0. The molecule has 6 heteroatoms. The fraction of sp³-hybridized carbons (Fsp3) is 0.611. The Hall–Kier alpha value is -1.79. The summed E-state index contributed by atoms with van der Waals surface area (Å²) in [6.07, 6.45) is 0.0606. The van der Waals surface area contributed by atoms with Crippen LogP contribution in [0.5, 0.6) is 5.75 Å². The van der Waals surface area contributed by atoms with Crippen LogP contribution in [0.15, 0.2) is 29.3 Å². The van der Waals surface area contributed by atoms with Crippen LogP contribution in [-0.4, -0.2) is 69.9 Å². The van der Waals surface area contributed by atoms with Crippen LogP contribution < -0.4 is 15.4 Å². The maximum atomic E-state index is 5.90. The van der Waals surface area contributed by atoms with Crippen LogP contribution in [0.4, 0.5) is 0 Å². The zero-order chi connectivity index (χ0) is 17.2. The Morgan fingerprint density at radius 1 is 1.25 bits per heavy atom. The normalized spacial score (nSPS) is 17.4. The molecular weight excluding hydrogens is 304 g/mol. The molecule has 2 rings (SSSR count). The molecule has 1 aliphatic heterocycles. The van der Waals surface area contributed by atoms with Gasteiger partial charge in [0.1, 0.15) is 11.9 Å². The van der Waals surface area contributed by atoms with Crippen LogP contribution in [0.3, 0.4) is 0 Å². The van der Waals surface area contributed by atoms with Crippen molar-refractivity contribution in [2.75, 3.05) is 53.0 Å². The average molecular weight is 334 g/mol. The summed E-state index contributed by atoms with van der Waals surface area (Å²) < 4.78 is 11.3. The molecule has 1 aliphatic rings. The molecule has 1 aromatic carbocycles. The quantitative estimate of drug-likeness (QED) is 0.581. The molecular formula is C18H30N4O2. The lowest BCUT2D eigenvalue weighted by Crippen LogP contribution is -2.46. The fourth-order valence-electron chi connectivity index (χ4n) is 2.51. The van der Waals surface area contributed by atoms with Gasteiger partial charge in [0.25, 0.3) is 0 Å². The maximum Gasteiger partial charge on any atom is 0.191 e. The second-order valence-electron chi connectivity index (χ2n) is 6.08. The van der Waals surface area contributed by atoms with Gasteiger partial charge in [-0.05, 0) is 26.0 Å². The van der Waals surface area contributed by atoms with Crippen molar-refractivity contribution in [1.29, 1.82) is 0 Å². The summed E-state index contributed by atoms with van der Waals surface area (Å²) in [5, 5.41) is 6.65. The number of aliphatic imine (C=N–C) groups is 1. The van der Waals surface area contributed by atoms with Crippen LogP contribution in [0.25, 0.3) is 0 Å². The average Bonchev–Trinajstić information content (AvgIpc) is 2.61. The third-order valence-electron chi connectivity index (χ3n) is 3.96. The number of benzene rings is 1. The first kappa shape index (κ1) is 18.5. The molecule has 1 aromatic rings. The standard InChI is InChI=1S/C18H30N4O2/c1-15-4-6-17(7-5-15)24-16(2)14-21-18(19-3)20-8-9-22-10-12-23-13-11-22/h4-7,16H,8-14H2,1-3H3,(H2,19,20,21). The number of hydrogen-bond acceptors (Lipinski definition) is 4. The molecule has 0 radical (unpaired) electrons. The minimum Gasteiger partial charge on any atom is -0.489 e. The Balaban J connectivity index is 1.63. The molecule has 24 heavy (non-hydrogen) atoms. The van der Waals surface area contributed by atoms with Crippen molar-refractivity contribution in [3.8, 4) is 5.75 Å². The van der Waals surface area contributed by atoms with Crippen LogP contribution in [0.2, 0.25) is 0 Å². The molecule has 0 aromatic heterocycles. The number of rotatable bonds is 7. The van der Waals surface area contributed by atoms with Gasteiger partial charge in [0.05, 0.1) is 19.8 Å². The lowest BCUT2D eigenvalue weighted by molar-refractivity contribution is 0.0389. The predicted octanol–water partition coefficient (Wildman–Crippen LogP) is 1.26. The van der Waals surface area contributed by atoms with Gasteiger partial charge in [-0.15, -0.1) is 0 Å². The number of guanidine groups is 1. The SMILES string of the molecule is CN=C(NCCN1CCOCC1)NCC(C)Oc1ccc(C)cc1. The van der Waals surface area contributed by atoms with Crippen LogP contribution in [-0.2, 0) is 4.74 Å². The Morgan fingerprint density at radius 3 is 2.62 bits per heavy atom. The van der Waals surface area contributed by atoms with E-state index >= 15 is 0 Å². The first-order valence-corrected chi connectivity index (χ1v) is 8.65. The van der Waals surface area contributed by atoms with E-state index < -0.39 is 0 Å². The van der Waals surface area contributed by atoms with E-state index in [0.717, 1.165) is 51.1 Å². The van der Waals surface area contributed by atoms with Gasteiger partial charge >= 0.3 is 0 Å². The molecule has 6 nitrogen and oxygen atoms in total. The lowest BCUT2D eigenvalue weighted by atomic mass is 10.2. The van der Waals surface area contributed by atoms with Gasteiger partial charge in [0.2, 0.25) is 0 Å². The predicted molar refractivity (Wildman–Crippen MR) is 97.9 cm³/mol. The van der Waals surface area contributed by atoms with E-state index in [1.165, 1.54) is 5.56 Å². The molecule has 0 saturated carbocycles. The monoisotopic (exact) mass is 334 g/mol. The minimum absolute atomic E-state index is 0.0606. The largest absolute Gasteiger partial charge is 0.489 e. The minimum atomic E-state index is 0.0606. The summed E-state index contributed by atoms with van der Waals surface area (Å²) in [4.78, 5) is 6.65. The number of ether oxygens (including phenoxy) is 2. The highest BCUT2D eigenvalue weighted by Gasteiger charge is 2.10. The summed E-state index contributed by atoms with van der Waals surface area (Å²) >= 11 is 0. The number of aryl methyl sites for hydroxylation is 1. The summed E-state index contributed by atoms with van der Waals surface area (Å²) in [5.74, 6) is 1.70. The molecule has 1 heterocycles. The van der Waals surface area contributed by atoms with Crippen molar-refractivity contribution in [3.63, 3.8) is 0 Å². The van der Waals surface area contributed by atoms with Gasteiger partial charge < -0.3 is 20.1 Å². The number of morpholine rings is 1. The third kappa shape index (κ3) is 6.76. The molecule has 134 valence electrons. The number of nitrogens with zero attached hydrogens (tertiary/aromatic N) is 2. The Morgan fingerprint density at radius 2 is 1.96 bits per heavy atom. The summed E-state index contributed by atoms with van der Waals surface area (Å²) in [6.45, 7) is 10.4. The fourth-order valence-corrected chi connectivity index (χ4v) is 2.51. The molecule has 1 saturated heterocycles. The van der Waals surface area contributed by atoms with Crippen molar-refractivity contribution >= 4 is 5.96 Å². The van der Waals surface area contributed by atoms with Crippen molar-refractivity contribution in [2.24, 2.45) is 4.99 Å². The van der Waals surface area contributed by atoms with E-state index in [9.17, 15) is 0 Å². The van der Waals surface area contributed by atoms with Crippen LogP contribution in [0.1, 0.15) is 12.5 Å². The van der Waals surface area contributed by atoms with Crippen LogP contribution >= 0.6 is 0 Å². The van der Waals surface area contributed by atoms with Gasteiger partial charge in [-0.1, -0.05) is 17.7 Å². The van der Waals surface area contributed by atoms with E-state index in [2.05, 4.69) is 39.6 Å². The van der Waals surface area contributed by atoms with Gasteiger partial charge in [0, 0.05) is 33.2 Å². The summed E-state index contributed by atoms with van der Waals surface area (Å²) in [5.41, 5.74) is 1.23. The molecule has 0 amide bonds. The number of nitrogens with one attached hydrogen (secondary N) is 2. The molecule has 2 N–H and O–H groups in total. The Kier molecular flexibility index (Phi) is 7.85. The molecule has 1 atom stereocenters. The maximum absolute atomic E-state index is 5.90. The number of hydrogen-bond donors (Lipinski definition) is 2. The van der Waals surface area contributed by atoms with E-state index in [0.29, 0.717) is 6.54 Å². The summed E-state index contributed by atoms with van der Waals surface area (Å²) in [7, 11) is 1.79. The molecule has 0 bridgehead atoms.